The van der Waals surface area contributed by atoms with Gasteiger partial charge in [-0.3, -0.25) is 5.32 Å². The normalized spacial score (nSPS) is 11.2. The number of nitrogens with two attached hydrogens (primary N) is 1. The summed E-state index contributed by atoms with van der Waals surface area (Å²) in [4.78, 5) is 15.3. The zero-order valence-corrected chi connectivity index (χ0v) is 9.72. The summed E-state index contributed by atoms with van der Waals surface area (Å²) < 4.78 is 8.96. The average molecular weight is 230 g/mol. The van der Waals surface area contributed by atoms with Gasteiger partial charge < -0.3 is 10.5 Å². The fourth-order valence-corrected chi connectivity index (χ4v) is 1.36. The van der Waals surface area contributed by atoms with Gasteiger partial charge in [-0.25, -0.2) is 9.78 Å². The molecule has 0 aliphatic carbocycles. The molecule has 3 N–H and O–H groups in total. The Morgan fingerprint density at radius 1 is 1.60 bits per heavy atom. The minimum absolute atomic E-state index is 0.256. The van der Waals surface area contributed by atoms with Crippen LogP contribution in [0.2, 0.25) is 0 Å². The number of nitrogens with zero attached hydrogens (tertiary/aromatic N) is 2. The molecule has 1 aromatic rings. The molecular formula is C8H14N4O2S. The van der Waals surface area contributed by atoms with E-state index >= 15 is 0 Å². The summed E-state index contributed by atoms with van der Waals surface area (Å²) >= 11 is 1.08. The molecule has 1 aromatic heterocycles. The Balaban J connectivity index is 2.51. The van der Waals surface area contributed by atoms with Gasteiger partial charge in [0.2, 0.25) is 5.13 Å². The molecule has 84 valence electrons. The minimum atomic E-state index is -0.540. The predicted octanol–water partition coefficient (Wildman–Crippen LogP) is 1.34. The molecule has 1 heterocycles. The van der Waals surface area contributed by atoms with Crippen LogP contribution in [0.4, 0.5) is 9.93 Å². The van der Waals surface area contributed by atoms with E-state index in [0.29, 0.717) is 11.0 Å². The van der Waals surface area contributed by atoms with Gasteiger partial charge in [-0.15, -0.1) is 0 Å². The summed E-state index contributed by atoms with van der Waals surface area (Å²) in [5, 5.41) is 2.87. The van der Waals surface area contributed by atoms with E-state index in [2.05, 4.69) is 14.7 Å². The van der Waals surface area contributed by atoms with Gasteiger partial charge in [-0.05, 0) is 20.8 Å². The van der Waals surface area contributed by atoms with E-state index in [9.17, 15) is 4.79 Å². The Labute approximate surface area is 92.0 Å². The van der Waals surface area contributed by atoms with Crippen molar-refractivity contribution in [1.29, 1.82) is 0 Å². The van der Waals surface area contributed by atoms with Crippen molar-refractivity contribution in [3.05, 3.63) is 5.82 Å². The van der Waals surface area contributed by atoms with Crippen LogP contribution in [0.25, 0.3) is 0 Å². The molecule has 0 aliphatic rings. The van der Waals surface area contributed by atoms with Gasteiger partial charge in [0, 0.05) is 11.5 Å². The molecule has 0 unspecified atom stereocenters. The first-order valence-corrected chi connectivity index (χ1v) is 5.21. The van der Waals surface area contributed by atoms with E-state index in [0.717, 1.165) is 11.5 Å². The highest BCUT2D eigenvalue weighted by molar-refractivity contribution is 7.09. The number of hydrogen-bond donors (Lipinski definition) is 2. The maximum atomic E-state index is 11.3. The van der Waals surface area contributed by atoms with Gasteiger partial charge in [-0.1, -0.05) is 0 Å². The molecular weight excluding hydrogens is 216 g/mol. The second-order valence-electron chi connectivity index (χ2n) is 3.85. The second-order valence-corrected chi connectivity index (χ2v) is 4.60. The SMILES string of the molecule is CC(C)(C)OC(=O)Nc1nc(CN)ns1. The first kappa shape index (κ1) is 11.9. The van der Waals surface area contributed by atoms with Crippen molar-refractivity contribution >= 4 is 22.8 Å². The van der Waals surface area contributed by atoms with Crippen molar-refractivity contribution in [2.24, 2.45) is 5.73 Å². The first-order valence-electron chi connectivity index (χ1n) is 4.43. The lowest BCUT2D eigenvalue weighted by Crippen LogP contribution is -2.27. The van der Waals surface area contributed by atoms with Gasteiger partial charge >= 0.3 is 6.09 Å². The predicted molar refractivity (Wildman–Crippen MR) is 57.7 cm³/mol. The van der Waals surface area contributed by atoms with Crippen LogP contribution in [0, 0.1) is 0 Å². The standard InChI is InChI=1S/C8H14N4O2S/c1-8(2,3)14-7(13)11-6-10-5(4-9)12-15-6/h4,9H2,1-3H3,(H,10,11,12,13). The van der Waals surface area contributed by atoms with Crippen LogP contribution in [0.5, 0.6) is 0 Å². The largest absolute Gasteiger partial charge is 0.444 e. The van der Waals surface area contributed by atoms with Crippen LogP contribution < -0.4 is 11.1 Å². The molecule has 15 heavy (non-hydrogen) atoms. The number of rotatable bonds is 2. The van der Waals surface area contributed by atoms with E-state index in [4.69, 9.17) is 10.5 Å². The molecule has 1 rings (SSSR count). The summed E-state index contributed by atoms with van der Waals surface area (Å²) in [6, 6.07) is 0. The highest BCUT2D eigenvalue weighted by Crippen LogP contribution is 2.13. The lowest BCUT2D eigenvalue weighted by molar-refractivity contribution is 0.0636. The van der Waals surface area contributed by atoms with Crippen molar-refractivity contribution < 1.29 is 9.53 Å². The Bertz CT molecular complexity index is 345. The Kier molecular flexibility index (Phi) is 3.59. The van der Waals surface area contributed by atoms with Crippen molar-refractivity contribution in [2.45, 2.75) is 32.9 Å². The van der Waals surface area contributed by atoms with Gasteiger partial charge in [-0.2, -0.15) is 4.37 Å². The molecule has 0 atom stereocenters. The topological polar surface area (TPSA) is 90.1 Å². The Morgan fingerprint density at radius 3 is 2.73 bits per heavy atom. The fourth-order valence-electron chi connectivity index (χ4n) is 0.779. The lowest BCUT2D eigenvalue weighted by Gasteiger charge is -2.18. The lowest BCUT2D eigenvalue weighted by atomic mass is 10.2. The van der Waals surface area contributed by atoms with Crippen LogP contribution in [0.3, 0.4) is 0 Å². The number of carbonyl (C=O) groups excluding carboxylic acids is 1. The monoisotopic (exact) mass is 230 g/mol. The van der Waals surface area contributed by atoms with Crippen LogP contribution in [0.1, 0.15) is 26.6 Å². The van der Waals surface area contributed by atoms with E-state index < -0.39 is 11.7 Å². The summed E-state index contributed by atoms with van der Waals surface area (Å²) in [7, 11) is 0. The van der Waals surface area contributed by atoms with Gasteiger partial charge in [0.25, 0.3) is 0 Å². The highest BCUT2D eigenvalue weighted by atomic mass is 32.1. The number of hydrogen-bond acceptors (Lipinski definition) is 6. The summed E-state index contributed by atoms with van der Waals surface area (Å²) in [6.07, 6.45) is -0.540. The molecule has 0 saturated heterocycles. The molecule has 6 nitrogen and oxygen atoms in total. The minimum Gasteiger partial charge on any atom is -0.444 e. The summed E-state index contributed by atoms with van der Waals surface area (Å²) in [5.41, 5.74) is 4.81. The van der Waals surface area contributed by atoms with Crippen molar-refractivity contribution in [2.75, 3.05) is 5.32 Å². The summed E-state index contributed by atoms with van der Waals surface area (Å²) in [5.74, 6) is 0.506. The fraction of sp³-hybridized carbons (Fsp3) is 0.625. The van der Waals surface area contributed by atoms with Crippen molar-refractivity contribution in [3.8, 4) is 0 Å². The average Bonchev–Trinajstić information content (AvgIpc) is 2.48. The number of nitrogens with one attached hydrogen (secondary N) is 1. The van der Waals surface area contributed by atoms with Crippen LogP contribution in [0.15, 0.2) is 0 Å². The quantitative estimate of drug-likeness (QED) is 0.800. The van der Waals surface area contributed by atoms with Crippen molar-refractivity contribution in [3.63, 3.8) is 0 Å². The number of anilines is 1. The first-order chi connectivity index (χ1) is 6.90. The second kappa shape index (κ2) is 4.54. The van der Waals surface area contributed by atoms with Crippen LogP contribution in [-0.4, -0.2) is 21.1 Å². The van der Waals surface area contributed by atoms with Gasteiger partial charge in [0.15, 0.2) is 5.82 Å². The molecule has 0 radical (unpaired) electrons. The molecule has 0 aliphatic heterocycles. The Morgan fingerprint density at radius 2 is 2.27 bits per heavy atom. The van der Waals surface area contributed by atoms with Crippen LogP contribution >= 0.6 is 11.5 Å². The molecule has 0 aromatic carbocycles. The maximum Gasteiger partial charge on any atom is 0.414 e. The summed E-state index contributed by atoms with van der Waals surface area (Å²) in [6.45, 7) is 5.63. The van der Waals surface area contributed by atoms with Crippen LogP contribution in [-0.2, 0) is 11.3 Å². The van der Waals surface area contributed by atoms with E-state index in [-0.39, 0.29) is 6.54 Å². The van der Waals surface area contributed by atoms with E-state index in [1.165, 1.54) is 0 Å². The molecule has 0 saturated carbocycles. The molecule has 1 amide bonds. The third-order valence-electron chi connectivity index (χ3n) is 1.26. The zero-order chi connectivity index (χ0) is 11.5. The third kappa shape index (κ3) is 4.22. The van der Waals surface area contributed by atoms with Gasteiger partial charge in [0.05, 0.1) is 6.54 Å². The zero-order valence-electron chi connectivity index (χ0n) is 8.90. The van der Waals surface area contributed by atoms with E-state index in [1.807, 2.05) is 0 Å². The number of ether oxygens (including phenoxy) is 1. The van der Waals surface area contributed by atoms with E-state index in [1.54, 1.807) is 20.8 Å². The maximum absolute atomic E-state index is 11.3. The molecule has 0 spiro atoms. The number of aromatic nitrogens is 2. The van der Waals surface area contributed by atoms with Crippen molar-refractivity contribution in [1.82, 2.24) is 9.36 Å². The third-order valence-corrected chi connectivity index (χ3v) is 1.93. The Hall–Kier alpha value is -1.21. The molecule has 0 fully saturated rings. The highest BCUT2D eigenvalue weighted by Gasteiger charge is 2.17. The molecule has 0 bridgehead atoms. The smallest absolute Gasteiger partial charge is 0.414 e. The molecule has 7 heteroatoms. The van der Waals surface area contributed by atoms with Gasteiger partial charge in [0.1, 0.15) is 5.60 Å². The number of carbonyl (C=O) groups is 1. The number of amides is 1.